The number of hydrogen-bond donors (Lipinski definition) is 3. The molecular formula is C18H20N3O5+. The van der Waals surface area contributed by atoms with Gasteiger partial charge in [-0.1, -0.05) is 18.7 Å². The monoisotopic (exact) mass is 358 g/mol. The number of carbonyl (C=O) groups excluding carboxylic acids is 1. The Balaban J connectivity index is 1.99. The quantitative estimate of drug-likeness (QED) is 0.251. The fraction of sp³-hybridized carbons (Fsp3) is 0.222. The summed E-state index contributed by atoms with van der Waals surface area (Å²) in [5.74, 6) is -0.161. The molecule has 8 heteroatoms. The lowest BCUT2D eigenvalue weighted by atomic mass is 10.0. The molecule has 26 heavy (non-hydrogen) atoms. The van der Waals surface area contributed by atoms with Crippen LogP contribution in [0, 0.1) is 5.21 Å². The van der Waals surface area contributed by atoms with Gasteiger partial charge in [-0.05, 0) is 31.1 Å². The van der Waals surface area contributed by atoms with Gasteiger partial charge >= 0.3 is 17.5 Å². The van der Waals surface area contributed by atoms with Gasteiger partial charge in [-0.15, -0.1) is 0 Å². The summed E-state index contributed by atoms with van der Waals surface area (Å²) in [4.78, 5) is 13.9. The number of phenolic OH excluding ortho intramolecular Hbond substituents is 1. The lowest BCUT2D eigenvalue weighted by Gasteiger charge is -2.17. The molecule has 0 aromatic heterocycles. The van der Waals surface area contributed by atoms with E-state index >= 15 is 0 Å². The van der Waals surface area contributed by atoms with Crippen molar-refractivity contribution in [3.8, 4) is 5.75 Å². The molecule has 0 radical (unpaired) electrons. The summed E-state index contributed by atoms with van der Waals surface area (Å²) >= 11 is 0. The summed E-state index contributed by atoms with van der Waals surface area (Å²) in [6, 6.07) is 4.29. The van der Waals surface area contributed by atoms with Crippen LogP contribution in [0.3, 0.4) is 0 Å². The first-order chi connectivity index (χ1) is 12.5. The Hall–Kier alpha value is -3.10. The van der Waals surface area contributed by atoms with E-state index < -0.39 is 6.09 Å². The highest BCUT2D eigenvalue weighted by Gasteiger charge is 2.33. The van der Waals surface area contributed by atoms with E-state index in [-0.39, 0.29) is 28.6 Å². The number of nitrogens with two attached hydrogens (primary N) is 1. The maximum absolute atomic E-state index is 12.3. The Labute approximate surface area is 150 Å². The first-order valence-electron chi connectivity index (χ1n) is 8.21. The fourth-order valence-corrected chi connectivity index (χ4v) is 2.92. The molecule has 0 atom stereocenters. The van der Waals surface area contributed by atoms with Crippen LogP contribution >= 0.6 is 0 Å². The van der Waals surface area contributed by atoms with Crippen LogP contribution in [0.1, 0.15) is 12.8 Å². The van der Waals surface area contributed by atoms with E-state index in [4.69, 9.17) is 4.74 Å². The van der Waals surface area contributed by atoms with Crippen LogP contribution in [0.4, 0.5) is 16.2 Å². The maximum Gasteiger partial charge on any atom is 0.415 e. The summed E-state index contributed by atoms with van der Waals surface area (Å²) in [5, 5.41) is 31.8. The van der Waals surface area contributed by atoms with Crippen LogP contribution in [0.5, 0.6) is 5.75 Å². The van der Waals surface area contributed by atoms with E-state index in [1.54, 1.807) is 17.1 Å². The molecule has 1 saturated heterocycles. The average Bonchev–Trinajstić information content (AvgIpc) is 3.16. The lowest BCUT2D eigenvalue weighted by Crippen LogP contribution is -2.70. The topological polar surface area (TPSA) is 113 Å². The Morgan fingerprint density at radius 1 is 1.35 bits per heavy atom. The van der Waals surface area contributed by atoms with Gasteiger partial charge in [0.25, 0.3) is 0 Å². The van der Waals surface area contributed by atoms with E-state index in [1.807, 2.05) is 0 Å². The normalized spacial score (nSPS) is 18.7. The van der Waals surface area contributed by atoms with Crippen molar-refractivity contribution < 1.29 is 30.1 Å². The predicted octanol–water partition coefficient (Wildman–Crippen LogP) is 1.80. The van der Waals surface area contributed by atoms with Crippen LogP contribution in [-0.2, 0) is 4.74 Å². The summed E-state index contributed by atoms with van der Waals surface area (Å²) in [5.41, 5.74) is 0.910. The highest BCUT2D eigenvalue weighted by Crippen LogP contribution is 2.30. The average molecular weight is 358 g/mol. The minimum absolute atomic E-state index is 0.0505. The summed E-state index contributed by atoms with van der Waals surface area (Å²) in [7, 11) is 0. The second kappa shape index (κ2) is 7.42. The number of nitrogens with zero attached hydrogens (tertiary/aromatic N) is 2. The van der Waals surface area contributed by atoms with Gasteiger partial charge < -0.3 is 25.4 Å². The number of hydrogen-bond acceptors (Lipinski definition) is 5. The predicted molar refractivity (Wildman–Crippen MR) is 93.4 cm³/mol. The number of carbonyl (C=O) groups is 1. The van der Waals surface area contributed by atoms with Gasteiger partial charge in [0.1, 0.15) is 0 Å². The number of aromatic hydroxyl groups is 1. The molecule has 3 rings (SSSR count). The fourth-order valence-electron chi connectivity index (χ4n) is 2.92. The molecule has 0 bridgehead atoms. The van der Waals surface area contributed by atoms with Gasteiger partial charge in [-0.3, -0.25) is 5.21 Å². The lowest BCUT2D eigenvalue weighted by molar-refractivity contribution is -0.716. The summed E-state index contributed by atoms with van der Waals surface area (Å²) in [6.07, 6.45) is 6.16. The summed E-state index contributed by atoms with van der Waals surface area (Å²) < 4.78 is 6.14. The number of rotatable bonds is 3. The Morgan fingerprint density at radius 2 is 2.08 bits per heavy atom. The van der Waals surface area contributed by atoms with Gasteiger partial charge in [0.2, 0.25) is 11.4 Å². The van der Waals surface area contributed by atoms with E-state index in [0.717, 1.165) is 12.8 Å². The van der Waals surface area contributed by atoms with E-state index in [1.165, 1.54) is 24.3 Å². The van der Waals surface area contributed by atoms with Gasteiger partial charge in [0.05, 0.1) is 0 Å². The number of benzene rings is 1. The van der Waals surface area contributed by atoms with Crippen LogP contribution in [0.2, 0.25) is 0 Å². The molecule has 1 amide bonds. The highest BCUT2D eigenvalue weighted by atomic mass is 16.6. The van der Waals surface area contributed by atoms with E-state index in [9.17, 15) is 20.3 Å². The second-order valence-corrected chi connectivity index (χ2v) is 5.97. The van der Waals surface area contributed by atoms with Crippen LogP contribution < -0.4 is 5.48 Å². The molecule has 1 aliphatic carbocycles. The first kappa shape index (κ1) is 17.7. The zero-order valence-corrected chi connectivity index (χ0v) is 14.1. The Bertz CT molecular complexity index is 835. The third-order valence-corrected chi connectivity index (χ3v) is 4.26. The van der Waals surface area contributed by atoms with Crippen molar-refractivity contribution >= 4 is 23.2 Å². The Kier molecular flexibility index (Phi) is 5.06. The standard InChI is InChI=1S/C18H19N3O5/c1-12-6-4-9-15(26-18(23)20-10-2-3-11-20)17(12)21(25)13-7-5-8-14(22)16(13)19-24/h4-9H,1-3,10-11,19H2,(H-,22,25)/p+1/b21-17-. The van der Waals surface area contributed by atoms with Crippen molar-refractivity contribution in [2.45, 2.75) is 12.8 Å². The molecule has 1 fully saturated rings. The van der Waals surface area contributed by atoms with Crippen molar-refractivity contribution in [3.05, 3.63) is 59.5 Å². The molecule has 1 aliphatic heterocycles. The molecule has 0 spiro atoms. The minimum atomic E-state index is -0.505. The smallest absolute Gasteiger partial charge is 0.415 e. The van der Waals surface area contributed by atoms with Crippen LogP contribution in [-0.4, -0.2) is 44.8 Å². The number of quaternary nitrogens is 1. The summed E-state index contributed by atoms with van der Waals surface area (Å²) in [6.45, 7) is 5.11. The molecule has 1 aromatic carbocycles. The van der Waals surface area contributed by atoms with Gasteiger partial charge in [-0.25, -0.2) is 4.79 Å². The van der Waals surface area contributed by atoms with Crippen LogP contribution in [0.25, 0.3) is 0 Å². The molecule has 1 heterocycles. The zero-order valence-electron chi connectivity index (χ0n) is 14.1. The molecule has 2 aliphatic rings. The number of allylic oxidation sites excluding steroid dienone is 4. The molecule has 0 unspecified atom stereocenters. The second-order valence-electron chi connectivity index (χ2n) is 5.97. The third-order valence-electron chi connectivity index (χ3n) is 4.26. The van der Waals surface area contributed by atoms with Crippen molar-refractivity contribution in [1.82, 2.24) is 4.90 Å². The number of amides is 1. The third kappa shape index (κ3) is 3.32. The Morgan fingerprint density at radius 3 is 2.77 bits per heavy atom. The SMILES string of the molecule is C=C1C=CC=C(OC(=O)N2CCCC2)/C1=[N+](\O)c1cccc(O)c1[NH2+][O-]. The van der Waals surface area contributed by atoms with Gasteiger partial charge in [0, 0.05) is 29.5 Å². The first-order valence-corrected chi connectivity index (χ1v) is 8.21. The largest absolute Gasteiger partial charge is 0.630 e. The van der Waals surface area contributed by atoms with Crippen molar-refractivity contribution in [3.63, 3.8) is 0 Å². The number of likely N-dealkylation sites (tertiary alicyclic amines) is 1. The minimum Gasteiger partial charge on any atom is -0.630 e. The van der Waals surface area contributed by atoms with E-state index in [0.29, 0.717) is 28.9 Å². The molecule has 1 aromatic rings. The van der Waals surface area contributed by atoms with E-state index in [2.05, 4.69) is 6.58 Å². The van der Waals surface area contributed by atoms with Crippen molar-refractivity contribution in [2.24, 2.45) is 0 Å². The van der Waals surface area contributed by atoms with Gasteiger partial charge in [-0.2, -0.15) is 0 Å². The molecule has 136 valence electrons. The molecule has 8 nitrogen and oxygen atoms in total. The molecule has 0 saturated carbocycles. The number of phenols is 1. The van der Waals surface area contributed by atoms with Crippen molar-refractivity contribution in [1.29, 1.82) is 0 Å². The van der Waals surface area contributed by atoms with Crippen LogP contribution in [0.15, 0.2) is 54.3 Å². The molecular weight excluding hydrogens is 338 g/mol. The zero-order chi connectivity index (χ0) is 18.7. The number of ether oxygens (including phenoxy) is 1. The maximum atomic E-state index is 12.3. The highest BCUT2D eigenvalue weighted by molar-refractivity contribution is 6.11. The van der Waals surface area contributed by atoms with Gasteiger partial charge in [0.15, 0.2) is 5.75 Å². The molecule has 4 N–H and O–H groups in total. The van der Waals surface area contributed by atoms with Crippen molar-refractivity contribution in [2.75, 3.05) is 13.1 Å².